The molecule has 2 heteroatoms. The molecule has 2 unspecified atom stereocenters. The highest BCUT2D eigenvalue weighted by Crippen LogP contribution is 2.52. The van der Waals surface area contributed by atoms with E-state index >= 15 is 0 Å². The van der Waals surface area contributed by atoms with Gasteiger partial charge in [0.2, 0.25) is 0 Å². The van der Waals surface area contributed by atoms with Crippen LogP contribution in [0.25, 0.3) is 27.5 Å². The lowest BCUT2D eigenvalue weighted by atomic mass is 9.71. The number of rotatable bonds is 8. The molecule has 0 N–H and O–H groups in total. The molecule has 11 rings (SSSR count). The summed E-state index contributed by atoms with van der Waals surface area (Å²) in [6, 6.07) is 72.9. The lowest BCUT2D eigenvalue weighted by Crippen LogP contribution is -2.31. The van der Waals surface area contributed by atoms with Gasteiger partial charge in [0, 0.05) is 28.4 Å². The Bertz CT molecular complexity index is 2880. The quantitative estimate of drug-likeness (QED) is 0.143. The molecule has 0 radical (unpaired) electrons. The van der Waals surface area contributed by atoms with Gasteiger partial charge in [0.05, 0.1) is 11.5 Å². The van der Waals surface area contributed by atoms with Gasteiger partial charge in [-0.25, -0.2) is 0 Å². The maximum absolute atomic E-state index is 6.95. The Hall–Kier alpha value is -7.16. The first-order valence-corrected chi connectivity index (χ1v) is 21.3. The van der Waals surface area contributed by atoms with Gasteiger partial charge in [0.15, 0.2) is 0 Å². The maximum Gasteiger partial charge on any atom is 0.131 e. The standard InChI is InChI=1S/C58H45NO/c1-4-15-41(16-5-1)42-27-32-48(33-28-42)59(49-34-29-44(30-35-49)52-25-14-18-43-17-10-11-23-51(43)52)50-36-38-56-45(39-50)31-37-57(60-56)54-40-58(46-19-6-2-7-20-46,47-21-8-3-9-22-47)55-26-13-12-24-53(54)55/h1-29,32-34,36-40,44,49H,30-31,35H2. The zero-order valence-corrected chi connectivity index (χ0v) is 33.5. The molecule has 0 saturated carbocycles. The Morgan fingerprint density at radius 1 is 0.533 bits per heavy atom. The van der Waals surface area contributed by atoms with Crippen molar-refractivity contribution in [2.45, 2.75) is 36.6 Å². The number of fused-ring (bicyclic) bond motifs is 3. The van der Waals surface area contributed by atoms with Gasteiger partial charge in [-0.05, 0) is 105 Å². The van der Waals surface area contributed by atoms with Crippen LogP contribution in [0.3, 0.4) is 0 Å². The topological polar surface area (TPSA) is 12.5 Å². The fraction of sp³-hybridized carbons (Fsp3) is 0.103. The molecule has 0 spiro atoms. The van der Waals surface area contributed by atoms with E-state index in [4.69, 9.17) is 4.74 Å². The molecule has 0 amide bonds. The van der Waals surface area contributed by atoms with Crippen LogP contribution in [0.1, 0.15) is 52.1 Å². The first-order valence-electron chi connectivity index (χ1n) is 21.3. The van der Waals surface area contributed by atoms with Crippen LogP contribution in [-0.2, 0) is 11.8 Å². The summed E-state index contributed by atoms with van der Waals surface area (Å²) in [6.07, 6.45) is 12.5. The van der Waals surface area contributed by atoms with Crippen LogP contribution in [0.15, 0.2) is 230 Å². The van der Waals surface area contributed by atoms with E-state index < -0.39 is 5.41 Å². The Morgan fingerprint density at radius 2 is 1.18 bits per heavy atom. The van der Waals surface area contributed by atoms with Crippen molar-refractivity contribution in [2.24, 2.45) is 0 Å². The Labute approximate surface area is 353 Å². The van der Waals surface area contributed by atoms with Crippen LogP contribution in [0, 0.1) is 0 Å². The highest BCUT2D eigenvalue weighted by Gasteiger charge is 2.42. The molecule has 3 aliphatic rings. The minimum Gasteiger partial charge on any atom is -0.457 e. The normalized spacial score (nSPS) is 17.5. The highest BCUT2D eigenvalue weighted by molar-refractivity contribution is 5.89. The molecular weight excluding hydrogens is 727 g/mol. The fourth-order valence-electron chi connectivity index (χ4n) is 10.0. The molecule has 1 heterocycles. The molecule has 60 heavy (non-hydrogen) atoms. The van der Waals surface area contributed by atoms with E-state index in [9.17, 15) is 0 Å². The largest absolute Gasteiger partial charge is 0.457 e. The van der Waals surface area contributed by atoms with Crippen molar-refractivity contribution in [2.75, 3.05) is 4.90 Å². The summed E-state index contributed by atoms with van der Waals surface area (Å²) in [7, 11) is 0. The van der Waals surface area contributed by atoms with Crippen molar-refractivity contribution in [3.8, 4) is 16.9 Å². The molecule has 2 nitrogen and oxygen atoms in total. The Morgan fingerprint density at radius 3 is 1.93 bits per heavy atom. The first kappa shape index (κ1) is 36.0. The van der Waals surface area contributed by atoms with Gasteiger partial charge in [-0.15, -0.1) is 0 Å². The van der Waals surface area contributed by atoms with Crippen molar-refractivity contribution in [3.05, 3.63) is 264 Å². The Balaban J connectivity index is 0.946. The van der Waals surface area contributed by atoms with E-state index in [1.807, 2.05) is 0 Å². The molecule has 0 saturated heterocycles. The maximum atomic E-state index is 6.95. The first-order chi connectivity index (χ1) is 29.7. The lowest BCUT2D eigenvalue weighted by molar-refractivity contribution is 0.433. The van der Waals surface area contributed by atoms with Crippen LogP contribution in [0.4, 0.5) is 11.4 Å². The predicted molar refractivity (Wildman–Crippen MR) is 249 cm³/mol. The number of allylic oxidation sites excluding steroid dienone is 4. The molecule has 288 valence electrons. The van der Waals surface area contributed by atoms with E-state index in [0.29, 0.717) is 5.92 Å². The number of nitrogens with zero attached hydrogens (tertiary/aromatic N) is 1. The van der Waals surface area contributed by atoms with Crippen LogP contribution < -0.4 is 9.64 Å². The van der Waals surface area contributed by atoms with Crippen molar-refractivity contribution in [1.82, 2.24) is 0 Å². The molecule has 2 aliphatic carbocycles. The SMILES string of the molecule is C1=CC(N(c2ccc(-c3ccccc3)cc2)c2ccc3c(c2)CC=C(C2=CC(c4ccccc4)(c4ccccc4)c4ccccc42)O3)CCC1c1cccc2ccccc12. The average Bonchev–Trinajstić information content (AvgIpc) is 3.69. The number of ether oxygens (including phenoxy) is 1. The zero-order chi connectivity index (χ0) is 39.9. The summed E-state index contributed by atoms with van der Waals surface area (Å²) in [6.45, 7) is 0. The van der Waals surface area contributed by atoms with Gasteiger partial charge < -0.3 is 9.64 Å². The van der Waals surface area contributed by atoms with Crippen LogP contribution in [0.5, 0.6) is 5.75 Å². The molecule has 1 aliphatic heterocycles. The third kappa shape index (κ3) is 6.28. The van der Waals surface area contributed by atoms with E-state index in [1.54, 1.807) is 0 Å². The van der Waals surface area contributed by atoms with Gasteiger partial charge in [-0.3, -0.25) is 0 Å². The van der Waals surface area contributed by atoms with Gasteiger partial charge in [0.25, 0.3) is 0 Å². The van der Waals surface area contributed by atoms with Crippen molar-refractivity contribution >= 4 is 27.7 Å². The summed E-state index contributed by atoms with van der Waals surface area (Å²) < 4.78 is 6.95. The van der Waals surface area contributed by atoms with Crippen molar-refractivity contribution < 1.29 is 4.74 Å². The number of hydrogen-bond donors (Lipinski definition) is 0. The minimum absolute atomic E-state index is 0.205. The second-order valence-electron chi connectivity index (χ2n) is 16.3. The van der Waals surface area contributed by atoms with E-state index in [1.165, 1.54) is 66.7 Å². The number of hydrogen-bond acceptors (Lipinski definition) is 2. The number of benzene rings is 8. The fourth-order valence-corrected chi connectivity index (χ4v) is 10.0. The molecule has 0 aromatic heterocycles. The van der Waals surface area contributed by atoms with E-state index in [-0.39, 0.29) is 6.04 Å². The van der Waals surface area contributed by atoms with Crippen LogP contribution >= 0.6 is 0 Å². The van der Waals surface area contributed by atoms with E-state index in [0.717, 1.165) is 36.3 Å². The minimum atomic E-state index is -0.431. The third-order valence-electron chi connectivity index (χ3n) is 12.9. The molecule has 8 aromatic rings. The van der Waals surface area contributed by atoms with Crippen molar-refractivity contribution in [3.63, 3.8) is 0 Å². The van der Waals surface area contributed by atoms with Gasteiger partial charge >= 0.3 is 0 Å². The van der Waals surface area contributed by atoms with Gasteiger partial charge in [-0.1, -0.05) is 188 Å². The zero-order valence-electron chi connectivity index (χ0n) is 33.5. The third-order valence-corrected chi connectivity index (χ3v) is 12.9. The summed E-state index contributed by atoms with van der Waals surface area (Å²) in [5.41, 5.74) is 13.1. The van der Waals surface area contributed by atoms with Crippen LogP contribution in [-0.4, -0.2) is 6.04 Å². The smallest absolute Gasteiger partial charge is 0.131 e. The average molecular weight is 772 g/mol. The molecule has 0 fully saturated rings. The summed E-state index contributed by atoms with van der Waals surface area (Å²) in [5, 5.41) is 2.66. The van der Waals surface area contributed by atoms with Gasteiger partial charge in [0.1, 0.15) is 11.5 Å². The molecular formula is C58H45NO. The second-order valence-corrected chi connectivity index (χ2v) is 16.3. The summed E-state index contributed by atoms with van der Waals surface area (Å²) in [4.78, 5) is 2.54. The van der Waals surface area contributed by atoms with Gasteiger partial charge in [-0.2, -0.15) is 0 Å². The molecule has 8 aromatic carbocycles. The second kappa shape index (κ2) is 15.2. The Kier molecular flexibility index (Phi) is 9.12. The predicted octanol–water partition coefficient (Wildman–Crippen LogP) is 14.4. The number of anilines is 2. The van der Waals surface area contributed by atoms with Crippen molar-refractivity contribution in [1.29, 1.82) is 0 Å². The van der Waals surface area contributed by atoms with Crippen LogP contribution in [0.2, 0.25) is 0 Å². The lowest BCUT2D eigenvalue weighted by Gasteiger charge is -2.36. The highest BCUT2D eigenvalue weighted by atomic mass is 16.5. The molecule has 2 atom stereocenters. The monoisotopic (exact) mass is 771 g/mol. The summed E-state index contributed by atoms with van der Waals surface area (Å²) in [5.74, 6) is 2.22. The molecule has 0 bridgehead atoms. The summed E-state index contributed by atoms with van der Waals surface area (Å²) >= 11 is 0. The van der Waals surface area contributed by atoms with E-state index in [2.05, 4.69) is 229 Å².